The van der Waals surface area contributed by atoms with Gasteiger partial charge in [0.15, 0.2) is 19.9 Å². The second kappa shape index (κ2) is 8.38. The standard InChI is InChI=1S/C17H27N4O5PS/c1-5-9(2)27(24)26-17(3,4)6-10-12(22)13(23)16(25-10)21-8-20-11-14(21)18-7-19-15(11)28/h7-10,12-13,16,22-23,27H,5-6H2,1-4H3,(H,18,19,28)/t9?,10-,12?,13-,16?/m1/s1. The molecule has 0 spiro atoms. The van der Waals surface area contributed by atoms with E-state index in [1.165, 1.54) is 12.7 Å². The van der Waals surface area contributed by atoms with Crippen LogP contribution in [-0.2, 0) is 13.8 Å². The molecule has 0 aliphatic carbocycles. The summed E-state index contributed by atoms with van der Waals surface area (Å²) in [6, 6.07) is 0. The molecular weight excluding hydrogens is 403 g/mol. The van der Waals surface area contributed by atoms with E-state index in [-0.39, 0.29) is 12.1 Å². The lowest BCUT2D eigenvalue weighted by Crippen LogP contribution is -2.36. The van der Waals surface area contributed by atoms with Crippen LogP contribution in [-0.4, -0.2) is 59.3 Å². The largest absolute Gasteiger partial charge is 0.388 e. The normalized spacial score (nSPS) is 28.0. The average molecular weight is 430 g/mol. The molecular formula is C17H27N4O5PS. The highest BCUT2D eigenvalue weighted by Gasteiger charge is 2.46. The fraction of sp³-hybridized carbons (Fsp3) is 0.706. The van der Waals surface area contributed by atoms with Crippen molar-refractivity contribution in [1.82, 2.24) is 19.5 Å². The molecule has 2 aromatic heterocycles. The first-order chi connectivity index (χ1) is 13.1. The van der Waals surface area contributed by atoms with Crippen LogP contribution in [0.3, 0.4) is 0 Å². The summed E-state index contributed by atoms with van der Waals surface area (Å²) < 4.78 is 25.6. The number of fused-ring (bicyclic) bond motifs is 1. The van der Waals surface area contributed by atoms with Gasteiger partial charge in [0.1, 0.15) is 29.1 Å². The number of aliphatic hydroxyl groups is 2. The Kier molecular flexibility index (Phi) is 6.48. The molecule has 1 saturated heterocycles. The molecule has 0 radical (unpaired) electrons. The van der Waals surface area contributed by atoms with Crippen molar-refractivity contribution in [3.8, 4) is 0 Å². The van der Waals surface area contributed by atoms with E-state index in [0.29, 0.717) is 16.2 Å². The van der Waals surface area contributed by atoms with Gasteiger partial charge in [-0.05, 0) is 20.3 Å². The first-order valence-corrected chi connectivity index (χ1v) is 11.1. The lowest BCUT2D eigenvalue weighted by molar-refractivity contribution is -0.0578. The van der Waals surface area contributed by atoms with Gasteiger partial charge in [-0.3, -0.25) is 9.13 Å². The van der Waals surface area contributed by atoms with Crippen LogP contribution in [0.25, 0.3) is 11.2 Å². The van der Waals surface area contributed by atoms with Gasteiger partial charge in [0.25, 0.3) is 0 Å². The number of hydrogen-bond donors (Lipinski definition) is 3. The zero-order valence-corrected chi connectivity index (χ0v) is 18.2. The number of imidazole rings is 1. The van der Waals surface area contributed by atoms with E-state index in [1.54, 1.807) is 18.4 Å². The van der Waals surface area contributed by atoms with Crippen molar-refractivity contribution in [3.05, 3.63) is 12.7 Å². The van der Waals surface area contributed by atoms with Gasteiger partial charge in [0.2, 0.25) is 0 Å². The fourth-order valence-corrected chi connectivity index (χ4v) is 4.59. The number of aliphatic hydroxyl groups excluding tert-OH is 2. The zero-order valence-electron chi connectivity index (χ0n) is 16.3. The highest BCUT2D eigenvalue weighted by atomic mass is 32.1. The summed E-state index contributed by atoms with van der Waals surface area (Å²) in [5.74, 6) is 0. The molecule has 0 saturated carbocycles. The van der Waals surface area contributed by atoms with Crippen LogP contribution in [0.1, 0.15) is 46.8 Å². The quantitative estimate of drug-likeness (QED) is 0.347. The van der Waals surface area contributed by atoms with E-state index in [2.05, 4.69) is 27.6 Å². The molecule has 3 rings (SSSR count). The maximum Gasteiger partial charge on any atom is 0.194 e. The summed E-state index contributed by atoms with van der Waals surface area (Å²) in [7, 11) is -2.23. The number of nitrogens with zero attached hydrogens (tertiary/aromatic N) is 4. The van der Waals surface area contributed by atoms with Crippen molar-refractivity contribution in [2.24, 2.45) is 0 Å². The van der Waals surface area contributed by atoms with Crippen molar-refractivity contribution < 1.29 is 24.0 Å². The molecule has 11 heteroatoms. The van der Waals surface area contributed by atoms with Gasteiger partial charge in [-0.1, -0.05) is 13.8 Å². The summed E-state index contributed by atoms with van der Waals surface area (Å²) in [6.45, 7) is 7.46. The van der Waals surface area contributed by atoms with Crippen molar-refractivity contribution >= 4 is 31.8 Å². The number of ether oxygens (including phenoxy) is 1. The second-order valence-electron chi connectivity index (χ2n) is 7.76. The summed E-state index contributed by atoms with van der Waals surface area (Å²) >= 11 is 4.25. The highest BCUT2D eigenvalue weighted by molar-refractivity contribution is 7.80. The molecule has 1 fully saturated rings. The van der Waals surface area contributed by atoms with E-state index < -0.39 is 38.2 Å². The smallest absolute Gasteiger partial charge is 0.194 e. The minimum absolute atomic E-state index is 0.0236. The molecule has 1 aliphatic heterocycles. The lowest BCUT2D eigenvalue weighted by atomic mass is 9.97. The maximum absolute atomic E-state index is 12.3. The Balaban J connectivity index is 1.77. The van der Waals surface area contributed by atoms with Crippen molar-refractivity contribution in [3.63, 3.8) is 0 Å². The Morgan fingerprint density at radius 1 is 1.36 bits per heavy atom. The van der Waals surface area contributed by atoms with Crippen LogP contribution in [0.4, 0.5) is 0 Å². The monoisotopic (exact) mass is 430 g/mol. The van der Waals surface area contributed by atoms with Gasteiger partial charge >= 0.3 is 0 Å². The van der Waals surface area contributed by atoms with E-state index in [1.807, 2.05) is 13.8 Å². The van der Waals surface area contributed by atoms with Crippen molar-refractivity contribution in [1.29, 1.82) is 0 Å². The number of thiol groups is 1. The van der Waals surface area contributed by atoms with Crippen LogP contribution < -0.4 is 0 Å². The molecule has 0 amide bonds. The summed E-state index contributed by atoms with van der Waals surface area (Å²) in [6.07, 6.45) is -0.00993. The van der Waals surface area contributed by atoms with Crippen LogP contribution in [0.5, 0.6) is 0 Å². The van der Waals surface area contributed by atoms with Gasteiger partial charge in [-0.25, -0.2) is 15.0 Å². The van der Waals surface area contributed by atoms with Gasteiger partial charge in [0.05, 0.1) is 18.0 Å². The molecule has 2 aromatic rings. The van der Waals surface area contributed by atoms with Crippen molar-refractivity contribution in [2.45, 2.75) is 81.4 Å². The Hall–Kier alpha value is -1.03. The van der Waals surface area contributed by atoms with Gasteiger partial charge < -0.3 is 19.5 Å². The van der Waals surface area contributed by atoms with E-state index >= 15 is 0 Å². The number of hydrogen-bond acceptors (Lipinski definition) is 9. The summed E-state index contributed by atoms with van der Waals surface area (Å²) in [4.78, 5) is 12.4. The van der Waals surface area contributed by atoms with Gasteiger partial charge in [-0.15, -0.1) is 12.6 Å². The Morgan fingerprint density at radius 2 is 2.07 bits per heavy atom. The molecule has 28 heavy (non-hydrogen) atoms. The summed E-state index contributed by atoms with van der Waals surface area (Å²) in [5, 5.41) is 21.5. The molecule has 6 atom stereocenters. The minimum atomic E-state index is -2.23. The van der Waals surface area contributed by atoms with Crippen LogP contribution in [0.2, 0.25) is 0 Å². The van der Waals surface area contributed by atoms with Crippen LogP contribution in [0.15, 0.2) is 17.7 Å². The minimum Gasteiger partial charge on any atom is -0.388 e. The van der Waals surface area contributed by atoms with E-state index in [0.717, 1.165) is 6.42 Å². The van der Waals surface area contributed by atoms with Crippen LogP contribution >= 0.6 is 20.7 Å². The maximum atomic E-state index is 12.3. The van der Waals surface area contributed by atoms with Gasteiger partial charge in [0, 0.05) is 12.1 Å². The predicted molar refractivity (Wildman–Crippen MR) is 107 cm³/mol. The SMILES string of the molecule is CCC(C)[PH](=O)OC(C)(C)C[C@H]1OC(n2cnc3c(S)ncnc32)[C@H](O)C1O. The molecule has 0 bridgehead atoms. The third-order valence-electron chi connectivity index (χ3n) is 5.04. The average Bonchev–Trinajstić information content (AvgIpc) is 3.18. The molecule has 156 valence electrons. The molecule has 1 aliphatic rings. The van der Waals surface area contributed by atoms with Gasteiger partial charge in [-0.2, -0.15) is 0 Å². The topological polar surface area (TPSA) is 120 Å². The molecule has 4 unspecified atom stereocenters. The van der Waals surface area contributed by atoms with E-state index in [4.69, 9.17) is 9.26 Å². The van der Waals surface area contributed by atoms with E-state index in [9.17, 15) is 14.8 Å². The predicted octanol–water partition coefficient (Wildman–Crippen LogP) is 2.19. The Bertz CT molecular complexity index is 863. The fourth-order valence-electron chi connectivity index (χ4n) is 3.22. The molecule has 2 N–H and O–H groups in total. The third kappa shape index (κ3) is 4.27. The van der Waals surface area contributed by atoms with Crippen molar-refractivity contribution in [2.75, 3.05) is 0 Å². The number of aromatic nitrogens is 4. The Labute approximate surface area is 169 Å². The molecule has 0 aromatic carbocycles. The second-order valence-corrected chi connectivity index (χ2v) is 10.0. The zero-order chi connectivity index (χ0) is 20.6. The summed E-state index contributed by atoms with van der Waals surface area (Å²) in [5.41, 5.74) is 0.131. The van der Waals surface area contributed by atoms with Crippen LogP contribution in [0, 0.1) is 0 Å². The first-order valence-electron chi connectivity index (χ1n) is 9.25. The number of rotatable bonds is 7. The Morgan fingerprint density at radius 3 is 2.75 bits per heavy atom. The molecule has 9 nitrogen and oxygen atoms in total. The molecule has 3 heterocycles. The lowest BCUT2D eigenvalue weighted by Gasteiger charge is -2.30. The first kappa shape index (κ1) is 21.7. The third-order valence-corrected chi connectivity index (χ3v) is 7.33. The highest BCUT2D eigenvalue weighted by Crippen LogP contribution is 2.41.